The van der Waals surface area contributed by atoms with E-state index in [1.54, 1.807) is 61.9 Å². The Balaban J connectivity index is 1.61. The lowest BCUT2D eigenvalue weighted by molar-refractivity contribution is 0.123. The van der Waals surface area contributed by atoms with Gasteiger partial charge < -0.3 is 14.7 Å². The summed E-state index contributed by atoms with van der Waals surface area (Å²) in [4.78, 5) is 22.9. The molecule has 0 amide bonds. The van der Waals surface area contributed by atoms with Crippen LogP contribution in [0, 0.1) is 0 Å². The standard InChI is InChI=1S/C24H20N4O4/c1-31-19-12-10-17(11-13-19)14-26-32-16-23-27-21-8-4-3-7-20(21)24(30)28(23)25-15-18-6-2-5-9-22(18)29/h2-15,29H,16H2,1H3. The monoisotopic (exact) mass is 428 g/mol. The summed E-state index contributed by atoms with van der Waals surface area (Å²) < 4.78 is 6.28. The number of hydrogen-bond donors (Lipinski definition) is 1. The molecule has 1 aromatic heterocycles. The quantitative estimate of drug-likeness (QED) is 0.359. The first-order valence-electron chi connectivity index (χ1n) is 9.78. The Kier molecular flexibility index (Phi) is 6.22. The van der Waals surface area contributed by atoms with Crippen LogP contribution in [0.4, 0.5) is 0 Å². The molecule has 0 saturated heterocycles. The number of aromatic hydroxyl groups is 1. The highest BCUT2D eigenvalue weighted by molar-refractivity contribution is 5.83. The highest BCUT2D eigenvalue weighted by Gasteiger charge is 2.11. The number of phenols is 1. The lowest BCUT2D eigenvalue weighted by atomic mass is 10.2. The van der Waals surface area contributed by atoms with Crippen molar-refractivity contribution in [3.05, 3.63) is 100 Å². The van der Waals surface area contributed by atoms with Crippen LogP contribution >= 0.6 is 0 Å². The Morgan fingerprint density at radius 2 is 1.75 bits per heavy atom. The molecule has 0 aliphatic rings. The summed E-state index contributed by atoms with van der Waals surface area (Å²) >= 11 is 0. The van der Waals surface area contributed by atoms with E-state index in [9.17, 15) is 9.90 Å². The first-order chi connectivity index (χ1) is 15.7. The molecule has 0 bridgehead atoms. The SMILES string of the molecule is COc1ccc(C=NOCc2nc3ccccc3c(=O)n2N=Cc2ccccc2O)cc1. The van der Waals surface area contributed by atoms with Gasteiger partial charge in [-0.2, -0.15) is 9.78 Å². The Bertz CT molecular complexity index is 1340. The third-order valence-corrected chi connectivity index (χ3v) is 4.66. The van der Waals surface area contributed by atoms with Crippen molar-refractivity contribution < 1.29 is 14.7 Å². The van der Waals surface area contributed by atoms with Crippen LogP contribution in [0.2, 0.25) is 0 Å². The molecule has 0 radical (unpaired) electrons. The first-order valence-corrected chi connectivity index (χ1v) is 9.78. The van der Waals surface area contributed by atoms with Crippen molar-refractivity contribution in [3.8, 4) is 11.5 Å². The fraction of sp³-hybridized carbons (Fsp3) is 0.0833. The highest BCUT2D eigenvalue weighted by atomic mass is 16.6. The van der Waals surface area contributed by atoms with Crippen LogP contribution < -0.4 is 10.3 Å². The molecule has 160 valence electrons. The van der Waals surface area contributed by atoms with Gasteiger partial charge in [-0.1, -0.05) is 29.4 Å². The fourth-order valence-corrected chi connectivity index (χ4v) is 2.98. The molecule has 0 spiro atoms. The van der Waals surface area contributed by atoms with Gasteiger partial charge in [0.25, 0.3) is 5.56 Å². The molecule has 3 aromatic carbocycles. The van der Waals surface area contributed by atoms with Gasteiger partial charge in [-0.05, 0) is 54.1 Å². The number of aromatic nitrogens is 2. The molecule has 8 heteroatoms. The van der Waals surface area contributed by atoms with Crippen LogP contribution in [0.1, 0.15) is 17.0 Å². The molecule has 0 atom stereocenters. The minimum atomic E-state index is -0.347. The van der Waals surface area contributed by atoms with Crippen molar-refractivity contribution >= 4 is 23.3 Å². The average molecular weight is 428 g/mol. The van der Waals surface area contributed by atoms with E-state index < -0.39 is 0 Å². The lowest BCUT2D eigenvalue weighted by Gasteiger charge is -2.08. The minimum absolute atomic E-state index is 0.0555. The Hall–Kier alpha value is -4.46. The maximum atomic E-state index is 13.0. The van der Waals surface area contributed by atoms with E-state index in [0.717, 1.165) is 16.0 Å². The number of benzene rings is 3. The molecule has 1 heterocycles. The van der Waals surface area contributed by atoms with Crippen LogP contribution in [0.15, 0.2) is 87.8 Å². The molecule has 0 saturated carbocycles. The van der Waals surface area contributed by atoms with E-state index in [0.29, 0.717) is 16.5 Å². The topological polar surface area (TPSA) is 98.3 Å². The molecule has 8 nitrogen and oxygen atoms in total. The second kappa shape index (κ2) is 9.57. The van der Waals surface area contributed by atoms with Crippen molar-refractivity contribution in [2.45, 2.75) is 6.61 Å². The molecular weight excluding hydrogens is 408 g/mol. The maximum absolute atomic E-state index is 13.0. The third kappa shape index (κ3) is 4.65. The van der Waals surface area contributed by atoms with Crippen molar-refractivity contribution in [1.82, 2.24) is 9.66 Å². The van der Waals surface area contributed by atoms with Gasteiger partial charge >= 0.3 is 0 Å². The van der Waals surface area contributed by atoms with Crippen molar-refractivity contribution in [1.29, 1.82) is 0 Å². The van der Waals surface area contributed by atoms with E-state index in [2.05, 4.69) is 15.2 Å². The Morgan fingerprint density at radius 1 is 1.00 bits per heavy atom. The van der Waals surface area contributed by atoms with Gasteiger partial charge in [-0.15, -0.1) is 0 Å². The van der Waals surface area contributed by atoms with Crippen LogP contribution in [0.3, 0.4) is 0 Å². The maximum Gasteiger partial charge on any atom is 0.282 e. The Morgan fingerprint density at radius 3 is 2.53 bits per heavy atom. The molecular formula is C24H20N4O4. The van der Waals surface area contributed by atoms with Crippen molar-refractivity contribution in [2.24, 2.45) is 10.3 Å². The zero-order valence-corrected chi connectivity index (χ0v) is 17.3. The highest BCUT2D eigenvalue weighted by Crippen LogP contribution is 2.14. The number of ether oxygens (including phenoxy) is 1. The summed E-state index contributed by atoms with van der Waals surface area (Å²) in [6, 6.07) is 21.0. The van der Waals surface area contributed by atoms with Gasteiger partial charge in [0, 0.05) is 5.56 Å². The molecule has 0 aliphatic heterocycles. The largest absolute Gasteiger partial charge is 0.507 e. The molecule has 0 unspecified atom stereocenters. The van der Waals surface area contributed by atoms with Crippen LogP contribution in [0.5, 0.6) is 11.5 Å². The molecule has 0 aliphatic carbocycles. The second-order valence-electron chi connectivity index (χ2n) is 6.75. The van der Waals surface area contributed by atoms with E-state index in [4.69, 9.17) is 9.57 Å². The summed E-state index contributed by atoms with van der Waals surface area (Å²) in [5, 5.41) is 18.6. The number of nitrogens with zero attached hydrogens (tertiary/aromatic N) is 4. The molecule has 4 rings (SSSR count). The van der Waals surface area contributed by atoms with Crippen LogP contribution in [-0.2, 0) is 11.4 Å². The van der Waals surface area contributed by atoms with Gasteiger partial charge in [0.05, 0.1) is 30.4 Å². The Labute approximate surface area is 183 Å². The number of phenolic OH excluding ortho intramolecular Hbond substituents is 1. The van der Waals surface area contributed by atoms with E-state index >= 15 is 0 Å². The molecule has 32 heavy (non-hydrogen) atoms. The summed E-state index contributed by atoms with van der Waals surface area (Å²) in [6.45, 7) is -0.0785. The van der Waals surface area contributed by atoms with Gasteiger partial charge in [0.15, 0.2) is 12.4 Å². The normalized spacial score (nSPS) is 11.4. The smallest absolute Gasteiger partial charge is 0.282 e. The van der Waals surface area contributed by atoms with Gasteiger partial charge in [-0.25, -0.2) is 4.98 Å². The summed E-state index contributed by atoms with van der Waals surface area (Å²) in [5.41, 5.74) is 1.48. The number of hydrogen-bond acceptors (Lipinski definition) is 7. The summed E-state index contributed by atoms with van der Waals surface area (Å²) in [6.07, 6.45) is 2.95. The van der Waals surface area contributed by atoms with Gasteiger partial charge in [0.1, 0.15) is 11.5 Å². The second-order valence-corrected chi connectivity index (χ2v) is 6.75. The number of fused-ring (bicyclic) bond motifs is 1. The van der Waals surface area contributed by atoms with E-state index in [-0.39, 0.29) is 23.7 Å². The predicted octanol–water partition coefficient (Wildman–Crippen LogP) is 3.54. The zero-order valence-electron chi connectivity index (χ0n) is 17.3. The van der Waals surface area contributed by atoms with Crippen molar-refractivity contribution in [3.63, 3.8) is 0 Å². The summed E-state index contributed by atoms with van der Waals surface area (Å²) in [5.74, 6) is 1.07. The number of rotatable bonds is 7. The summed E-state index contributed by atoms with van der Waals surface area (Å²) in [7, 11) is 1.60. The predicted molar refractivity (Wildman–Crippen MR) is 122 cm³/mol. The number of oxime groups is 1. The first kappa shape index (κ1) is 20.8. The lowest BCUT2D eigenvalue weighted by Crippen LogP contribution is -2.22. The number of para-hydroxylation sites is 2. The zero-order chi connectivity index (χ0) is 22.3. The van der Waals surface area contributed by atoms with Gasteiger partial charge in [0.2, 0.25) is 0 Å². The van der Waals surface area contributed by atoms with E-state index in [1.807, 2.05) is 24.3 Å². The average Bonchev–Trinajstić information content (AvgIpc) is 2.83. The minimum Gasteiger partial charge on any atom is -0.507 e. The fourth-order valence-electron chi connectivity index (χ4n) is 2.98. The van der Waals surface area contributed by atoms with E-state index in [1.165, 1.54) is 6.21 Å². The van der Waals surface area contributed by atoms with Crippen LogP contribution in [0.25, 0.3) is 10.9 Å². The third-order valence-electron chi connectivity index (χ3n) is 4.66. The van der Waals surface area contributed by atoms with Gasteiger partial charge in [-0.3, -0.25) is 4.79 Å². The molecule has 1 N–H and O–H groups in total. The number of methoxy groups -OCH3 is 1. The molecule has 4 aromatic rings. The molecule has 0 fully saturated rings. The van der Waals surface area contributed by atoms with Crippen molar-refractivity contribution in [2.75, 3.05) is 7.11 Å². The van der Waals surface area contributed by atoms with Crippen LogP contribution in [-0.4, -0.2) is 34.3 Å².